The molecule has 0 spiro atoms. The van der Waals surface area contributed by atoms with E-state index in [0.717, 1.165) is 24.3 Å². The third-order valence-electron chi connectivity index (χ3n) is 2.69. The van der Waals surface area contributed by atoms with E-state index in [2.05, 4.69) is 6.92 Å². The van der Waals surface area contributed by atoms with E-state index >= 15 is 0 Å². The van der Waals surface area contributed by atoms with Crippen molar-refractivity contribution in [3.05, 3.63) is 12.3 Å². The number of rotatable bonds is 3. The molecule has 2 nitrogen and oxygen atoms in total. The van der Waals surface area contributed by atoms with Gasteiger partial charge in [-0.15, -0.1) is 0 Å². The first-order valence-electron chi connectivity index (χ1n) is 5.35. The van der Waals surface area contributed by atoms with E-state index in [9.17, 15) is 4.21 Å². The lowest BCUT2D eigenvalue weighted by molar-refractivity contribution is 0.107. The van der Waals surface area contributed by atoms with Gasteiger partial charge in [0.2, 0.25) is 0 Å². The fourth-order valence-corrected chi connectivity index (χ4v) is 3.37. The van der Waals surface area contributed by atoms with Crippen LogP contribution in [-0.4, -0.2) is 21.8 Å². The van der Waals surface area contributed by atoms with Gasteiger partial charge in [0.25, 0.3) is 0 Å². The highest BCUT2D eigenvalue weighted by molar-refractivity contribution is 7.84. The van der Waals surface area contributed by atoms with E-state index in [-0.39, 0.29) is 6.10 Å². The molecule has 14 heavy (non-hydrogen) atoms. The van der Waals surface area contributed by atoms with Gasteiger partial charge in [-0.25, -0.2) is 0 Å². The van der Waals surface area contributed by atoms with Crippen LogP contribution in [0.3, 0.4) is 0 Å². The van der Waals surface area contributed by atoms with Gasteiger partial charge in [0.15, 0.2) is 0 Å². The Kier molecular flexibility index (Phi) is 5.23. The molecule has 3 unspecified atom stereocenters. The van der Waals surface area contributed by atoms with E-state index in [0.29, 0.717) is 5.92 Å². The van der Waals surface area contributed by atoms with Crippen LogP contribution < -0.4 is 0 Å². The Bertz CT molecular complexity index is 213. The highest BCUT2D eigenvalue weighted by Crippen LogP contribution is 2.21. The van der Waals surface area contributed by atoms with Crippen LogP contribution in [0, 0.1) is 5.92 Å². The Morgan fingerprint density at radius 2 is 2.29 bits per heavy atom. The van der Waals surface area contributed by atoms with Crippen LogP contribution in [0.4, 0.5) is 0 Å². The molecule has 1 heterocycles. The number of hydrogen-bond acceptors (Lipinski definition) is 2. The summed E-state index contributed by atoms with van der Waals surface area (Å²) in [5.41, 5.74) is 0. The van der Waals surface area contributed by atoms with Crippen LogP contribution in [-0.2, 0) is 15.5 Å². The van der Waals surface area contributed by atoms with Crippen molar-refractivity contribution in [3.63, 3.8) is 0 Å². The molecule has 0 N–H and O–H groups in total. The largest absolute Gasteiger partial charge is 0.498 e. The monoisotopic (exact) mass is 216 g/mol. The van der Waals surface area contributed by atoms with Crippen LogP contribution in [0.2, 0.25) is 0 Å². The Balaban J connectivity index is 2.43. The van der Waals surface area contributed by atoms with E-state index in [1.54, 1.807) is 6.26 Å². The number of hydrogen-bond donors (Lipinski definition) is 0. The molecule has 0 saturated carbocycles. The average molecular weight is 216 g/mol. The molecule has 0 amide bonds. The zero-order chi connectivity index (χ0) is 10.4. The molecule has 1 saturated heterocycles. The summed E-state index contributed by atoms with van der Waals surface area (Å²) in [5, 5.41) is 0. The third-order valence-corrected chi connectivity index (χ3v) is 4.23. The molecular formula is C11H20O2S. The van der Waals surface area contributed by atoms with Gasteiger partial charge in [0.05, 0.1) is 12.4 Å². The van der Waals surface area contributed by atoms with Crippen LogP contribution >= 0.6 is 0 Å². The lowest BCUT2D eigenvalue weighted by Crippen LogP contribution is -2.23. The fraction of sp³-hybridized carbons (Fsp3) is 0.818. The van der Waals surface area contributed by atoms with Crippen molar-refractivity contribution in [1.82, 2.24) is 0 Å². The molecule has 3 heteroatoms. The van der Waals surface area contributed by atoms with E-state index in [4.69, 9.17) is 4.74 Å². The van der Waals surface area contributed by atoms with Gasteiger partial charge in [-0.3, -0.25) is 4.21 Å². The molecular weight excluding hydrogens is 196 g/mol. The molecule has 1 aliphatic rings. The van der Waals surface area contributed by atoms with Gasteiger partial charge < -0.3 is 4.74 Å². The molecule has 82 valence electrons. The molecule has 1 fully saturated rings. The third kappa shape index (κ3) is 3.82. The minimum absolute atomic E-state index is 0.202. The second-order valence-corrected chi connectivity index (χ2v) is 5.50. The first-order chi connectivity index (χ1) is 6.74. The minimum atomic E-state index is -0.618. The van der Waals surface area contributed by atoms with E-state index < -0.39 is 10.8 Å². The molecule has 0 aromatic heterocycles. The van der Waals surface area contributed by atoms with Crippen LogP contribution in [0.5, 0.6) is 0 Å². The van der Waals surface area contributed by atoms with E-state index in [1.807, 2.05) is 13.0 Å². The van der Waals surface area contributed by atoms with Gasteiger partial charge in [-0.05, 0) is 26.7 Å². The summed E-state index contributed by atoms with van der Waals surface area (Å²) in [7, 11) is -0.618. The summed E-state index contributed by atoms with van der Waals surface area (Å²) in [6, 6.07) is 0. The van der Waals surface area contributed by atoms with Crippen molar-refractivity contribution >= 4 is 10.8 Å². The van der Waals surface area contributed by atoms with Crippen molar-refractivity contribution in [1.29, 1.82) is 0 Å². The maximum Gasteiger partial charge on any atom is 0.0987 e. The summed E-state index contributed by atoms with van der Waals surface area (Å²) in [6.45, 7) is 4.02. The first kappa shape index (κ1) is 11.8. The van der Waals surface area contributed by atoms with Crippen molar-refractivity contribution in [2.24, 2.45) is 5.92 Å². The number of ether oxygens (including phenoxy) is 1. The molecule has 0 aromatic carbocycles. The second-order valence-electron chi connectivity index (χ2n) is 3.88. The van der Waals surface area contributed by atoms with Crippen LogP contribution in [0.15, 0.2) is 12.3 Å². The summed E-state index contributed by atoms with van der Waals surface area (Å²) >= 11 is 0. The van der Waals surface area contributed by atoms with Gasteiger partial charge in [0.1, 0.15) is 0 Å². The molecule has 0 bridgehead atoms. The number of allylic oxidation sites excluding steroid dienone is 1. The fourth-order valence-electron chi connectivity index (χ4n) is 1.76. The van der Waals surface area contributed by atoms with Crippen LogP contribution in [0.25, 0.3) is 0 Å². The molecule has 0 aromatic rings. The SMILES string of the molecule is C/C=C/OC(C)C1CCCCS(=O)C1. The topological polar surface area (TPSA) is 26.3 Å². The smallest absolute Gasteiger partial charge is 0.0987 e. The second kappa shape index (κ2) is 6.23. The Morgan fingerprint density at radius 3 is 3.00 bits per heavy atom. The molecule has 1 rings (SSSR count). The average Bonchev–Trinajstić information content (AvgIpc) is 2.39. The summed E-state index contributed by atoms with van der Waals surface area (Å²) in [4.78, 5) is 0. The first-order valence-corrected chi connectivity index (χ1v) is 6.84. The maximum absolute atomic E-state index is 11.5. The van der Waals surface area contributed by atoms with E-state index in [1.165, 1.54) is 6.42 Å². The quantitative estimate of drug-likeness (QED) is 0.677. The highest BCUT2D eigenvalue weighted by Gasteiger charge is 2.22. The highest BCUT2D eigenvalue weighted by atomic mass is 32.2. The molecule has 0 radical (unpaired) electrons. The standard InChI is InChI=1S/C11H20O2S/c1-3-7-13-10(2)11-6-4-5-8-14(12)9-11/h3,7,10-11H,4-6,8-9H2,1-2H3/b7-3+. The maximum atomic E-state index is 11.5. The van der Waals surface area contributed by atoms with Gasteiger partial charge in [-0.1, -0.05) is 12.5 Å². The van der Waals surface area contributed by atoms with Gasteiger partial charge >= 0.3 is 0 Å². The Morgan fingerprint density at radius 1 is 1.50 bits per heavy atom. The van der Waals surface area contributed by atoms with Crippen molar-refractivity contribution in [3.8, 4) is 0 Å². The Hall–Kier alpha value is -0.310. The zero-order valence-corrected chi connectivity index (χ0v) is 9.89. The lowest BCUT2D eigenvalue weighted by Gasteiger charge is -2.21. The summed E-state index contributed by atoms with van der Waals surface area (Å²) in [6.07, 6.45) is 7.29. The van der Waals surface area contributed by atoms with Crippen molar-refractivity contribution in [2.75, 3.05) is 11.5 Å². The molecule has 3 atom stereocenters. The normalized spacial score (nSPS) is 31.3. The molecule has 0 aliphatic carbocycles. The molecule has 1 aliphatic heterocycles. The van der Waals surface area contributed by atoms with Crippen molar-refractivity contribution < 1.29 is 8.95 Å². The Labute approximate surface area is 89.2 Å². The van der Waals surface area contributed by atoms with Gasteiger partial charge in [0, 0.05) is 28.2 Å². The van der Waals surface area contributed by atoms with Gasteiger partial charge in [-0.2, -0.15) is 0 Å². The van der Waals surface area contributed by atoms with Crippen molar-refractivity contribution in [2.45, 2.75) is 39.2 Å². The summed E-state index contributed by atoms with van der Waals surface area (Å²) in [5.74, 6) is 2.17. The zero-order valence-electron chi connectivity index (χ0n) is 9.07. The van der Waals surface area contributed by atoms with Crippen LogP contribution in [0.1, 0.15) is 33.1 Å². The lowest BCUT2D eigenvalue weighted by atomic mass is 9.99. The summed E-state index contributed by atoms with van der Waals surface area (Å²) < 4.78 is 17.0. The predicted molar refractivity (Wildman–Crippen MR) is 60.6 cm³/mol. The minimum Gasteiger partial charge on any atom is -0.498 e. The predicted octanol–water partition coefficient (Wildman–Crippen LogP) is 2.47.